The third-order valence-corrected chi connectivity index (χ3v) is 3.71. The molecule has 6 N–H and O–H groups in total. The van der Waals surface area contributed by atoms with Crippen molar-refractivity contribution in [2.45, 2.75) is 6.04 Å². The van der Waals surface area contributed by atoms with Crippen molar-refractivity contribution in [1.29, 1.82) is 0 Å². The van der Waals surface area contributed by atoms with Crippen LogP contribution in [0.1, 0.15) is 10.4 Å². The second kappa shape index (κ2) is 8.34. The first-order valence-electron chi connectivity index (χ1n) is 8.20. The number of ether oxygens (including phenoxy) is 1. The molecule has 2 aromatic heterocycles. The zero-order chi connectivity index (χ0) is 19.2. The van der Waals surface area contributed by atoms with Crippen molar-refractivity contribution in [3.8, 4) is 0 Å². The smallest absolute Gasteiger partial charge is 0.254 e. The van der Waals surface area contributed by atoms with Crippen molar-refractivity contribution in [3.63, 3.8) is 0 Å². The standard InChI is InChI=1S/C17H20N8O2/c1-27-9-10(18)7-22-17-23-8-11(15(19)26)16(25-17)24-13-4-2-3-12-14(13)21-6-5-20-12/h2-6,8,10H,7,9,18H2,1H3,(H2,19,26)(H2,22,23,24,25). The lowest BCUT2D eigenvalue weighted by atomic mass is 10.2. The number of carbonyl (C=O) groups excluding carboxylic acids is 1. The van der Waals surface area contributed by atoms with E-state index >= 15 is 0 Å². The van der Waals surface area contributed by atoms with Gasteiger partial charge in [-0.3, -0.25) is 14.8 Å². The number of nitrogens with one attached hydrogen (secondary N) is 2. The van der Waals surface area contributed by atoms with Gasteiger partial charge in [0.05, 0.1) is 17.8 Å². The van der Waals surface area contributed by atoms with Crippen molar-refractivity contribution in [1.82, 2.24) is 19.9 Å². The topological polar surface area (TPSA) is 154 Å². The lowest BCUT2D eigenvalue weighted by molar-refractivity contribution is 0.100. The maximum atomic E-state index is 11.8. The van der Waals surface area contributed by atoms with Gasteiger partial charge in [0.15, 0.2) is 0 Å². The van der Waals surface area contributed by atoms with E-state index in [1.54, 1.807) is 19.5 Å². The molecule has 27 heavy (non-hydrogen) atoms. The van der Waals surface area contributed by atoms with E-state index < -0.39 is 5.91 Å². The Balaban J connectivity index is 1.90. The summed E-state index contributed by atoms with van der Waals surface area (Å²) in [4.78, 5) is 28.8. The lowest BCUT2D eigenvalue weighted by Gasteiger charge is -2.14. The molecule has 1 aromatic carbocycles. The summed E-state index contributed by atoms with van der Waals surface area (Å²) >= 11 is 0. The highest BCUT2D eigenvalue weighted by molar-refractivity contribution is 5.99. The zero-order valence-electron chi connectivity index (χ0n) is 14.7. The number of hydrogen-bond donors (Lipinski definition) is 4. The van der Waals surface area contributed by atoms with Crippen LogP contribution in [-0.4, -0.2) is 52.1 Å². The first-order chi connectivity index (χ1) is 13.1. The lowest BCUT2D eigenvalue weighted by Crippen LogP contribution is -2.33. The van der Waals surface area contributed by atoms with Crippen molar-refractivity contribution < 1.29 is 9.53 Å². The molecule has 0 aliphatic rings. The van der Waals surface area contributed by atoms with Crippen LogP contribution < -0.4 is 22.1 Å². The number of carbonyl (C=O) groups is 1. The number of nitrogens with two attached hydrogens (primary N) is 2. The average Bonchev–Trinajstić information content (AvgIpc) is 2.67. The second-order valence-electron chi connectivity index (χ2n) is 5.77. The molecule has 1 unspecified atom stereocenters. The van der Waals surface area contributed by atoms with Gasteiger partial charge in [-0.25, -0.2) is 4.98 Å². The van der Waals surface area contributed by atoms with Gasteiger partial charge in [-0.1, -0.05) is 6.07 Å². The molecule has 1 amide bonds. The molecule has 0 aliphatic carbocycles. The van der Waals surface area contributed by atoms with Gasteiger partial charge in [0.25, 0.3) is 5.91 Å². The summed E-state index contributed by atoms with van der Waals surface area (Å²) in [6.07, 6.45) is 4.56. The molecule has 0 spiro atoms. The van der Waals surface area contributed by atoms with Crippen LogP contribution in [-0.2, 0) is 4.74 Å². The van der Waals surface area contributed by atoms with Crippen molar-refractivity contribution in [2.75, 3.05) is 30.9 Å². The molecule has 3 rings (SSSR count). The highest BCUT2D eigenvalue weighted by Gasteiger charge is 2.14. The number of para-hydroxylation sites is 1. The highest BCUT2D eigenvalue weighted by atomic mass is 16.5. The van der Waals surface area contributed by atoms with E-state index in [1.165, 1.54) is 6.20 Å². The van der Waals surface area contributed by atoms with Crippen LogP contribution in [0.5, 0.6) is 0 Å². The third-order valence-electron chi connectivity index (χ3n) is 3.71. The number of aromatic nitrogens is 4. The average molecular weight is 368 g/mol. The van der Waals surface area contributed by atoms with Crippen molar-refractivity contribution in [3.05, 3.63) is 42.4 Å². The number of rotatable bonds is 8. The van der Waals surface area contributed by atoms with E-state index in [1.807, 2.05) is 18.2 Å². The molecular weight excluding hydrogens is 348 g/mol. The largest absolute Gasteiger partial charge is 0.383 e. The Labute approximate surface area is 155 Å². The summed E-state index contributed by atoms with van der Waals surface area (Å²) in [5, 5.41) is 6.11. The molecular formula is C17H20N8O2. The van der Waals surface area contributed by atoms with E-state index in [0.717, 1.165) is 0 Å². The number of amides is 1. The third kappa shape index (κ3) is 4.43. The number of methoxy groups -OCH3 is 1. The number of anilines is 3. The van der Waals surface area contributed by atoms with Gasteiger partial charge in [-0.15, -0.1) is 0 Å². The van der Waals surface area contributed by atoms with Gasteiger partial charge in [-0.2, -0.15) is 4.98 Å². The first-order valence-corrected chi connectivity index (χ1v) is 8.20. The minimum atomic E-state index is -0.647. The fourth-order valence-electron chi connectivity index (χ4n) is 2.46. The minimum Gasteiger partial charge on any atom is -0.383 e. The van der Waals surface area contributed by atoms with Crippen molar-refractivity contribution in [2.24, 2.45) is 11.5 Å². The van der Waals surface area contributed by atoms with Gasteiger partial charge in [-0.05, 0) is 12.1 Å². The number of benzene rings is 1. The zero-order valence-corrected chi connectivity index (χ0v) is 14.7. The molecule has 2 heterocycles. The van der Waals surface area contributed by atoms with Crippen LogP contribution in [0.15, 0.2) is 36.8 Å². The SMILES string of the molecule is COCC(N)CNc1ncc(C(N)=O)c(Nc2cccc3nccnc23)n1. The molecule has 140 valence electrons. The Morgan fingerprint density at radius 3 is 2.85 bits per heavy atom. The van der Waals surface area contributed by atoms with Crippen LogP contribution in [0.3, 0.4) is 0 Å². The Morgan fingerprint density at radius 2 is 2.07 bits per heavy atom. The molecule has 1 atom stereocenters. The fourth-order valence-corrected chi connectivity index (χ4v) is 2.46. The van der Waals surface area contributed by atoms with Gasteiger partial charge >= 0.3 is 0 Å². The Morgan fingerprint density at radius 1 is 1.26 bits per heavy atom. The van der Waals surface area contributed by atoms with Gasteiger partial charge in [0.1, 0.15) is 16.9 Å². The normalized spacial score (nSPS) is 11.9. The fraction of sp³-hybridized carbons (Fsp3) is 0.235. The Hall–Kier alpha value is -3.37. The van der Waals surface area contributed by atoms with Crippen LogP contribution in [0, 0.1) is 0 Å². The Kier molecular flexibility index (Phi) is 5.69. The first kappa shape index (κ1) is 18.4. The molecule has 10 heteroatoms. The number of nitrogens with zero attached hydrogens (tertiary/aromatic N) is 4. The summed E-state index contributed by atoms with van der Waals surface area (Å²) in [5.74, 6) is -0.0784. The van der Waals surface area contributed by atoms with Crippen LogP contribution in [0.2, 0.25) is 0 Å². The van der Waals surface area contributed by atoms with E-state index in [4.69, 9.17) is 16.2 Å². The Bertz CT molecular complexity index is 944. The van der Waals surface area contributed by atoms with Gasteiger partial charge < -0.3 is 26.8 Å². The van der Waals surface area contributed by atoms with Crippen LogP contribution in [0.25, 0.3) is 11.0 Å². The van der Waals surface area contributed by atoms with Crippen LogP contribution in [0.4, 0.5) is 17.5 Å². The number of primary amides is 1. The molecule has 0 aliphatic heterocycles. The summed E-state index contributed by atoms with van der Waals surface area (Å²) in [6.45, 7) is 0.801. The van der Waals surface area contributed by atoms with E-state index in [9.17, 15) is 4.79 Å². The predicted octanol–water partition coefficient (Wildman–Crippen LogP) is 0.648. The molecule has 0 bridgehead atoms. The molecule has 3 aromatic rings. The van der Waals surface area contributed by atoms with Gasteiger partial charge in [0, 0.05) is 38.3 Å². The summed E-state index contributed by atoms with van der Waals surface area (Å²) < 4.78 is 4.99. The second-order valence-corrected chi connectivity index (χ2v) is 5.77. The molecule has 0 saturated carbocycles. The predicted molar refractivity (Wildman–Crippen MR) is 102 cm³/mol. The molecule has 0 radical (unpaired) electrons. The van der Waals surface area contributed by atoms with Crippen molar-refractivity contribution >= 4 is 34.4 Å². The number of hydrogen-bond acceptors (Lipinski definition) is 9. The minimum absolute atomic E-state index is 0.155. The van der Waals surface area contributed by atoms with E-state index in [0.29, 0.717) is 35.8 Å². The molecule has 10 nitrogen and oxygen atoms in total. The van der Waals surface area contributed by atoms with Gasteiger partial charge in [0.2, 0.25) is 5.95 Å². The maximum absolute atomic E-state index is 11.8. The summed E-state index contributed by atoms with van der Waals surface area (Å²) in [6, 6.07) is 5.25. The summed E-state index contributed by atoms with van der Waals surface area (Å²) in [7, 11) is 1.58. The van der Waals surface area contributed by atoms with E-state index in [2.05, 4.69) is 30.6 Å². The van der Waals surface area contributed by atoms with Crippen LogP contribution >= 0.6 is 0 Å². The summed E-state index contributed by atoms with van der Waals surface area (Å²) in [5.41, 5.74) is 13.5. The molecule has 0 fully saturated rings. The monoisotopic (exact) mass is 368 g/mol. The molecule has 0 saturated heterocycles. The number of fused-ring (bicyclic) bond motifs is 1. The maximum Gasteiger partial charge on any atom is 0.254 e. The van der Waals surface area contributed by atoms with E-state index in [-0.39, 0.29) is 17.4 Å². The highest BCUT2D eigenvalue weighted by Crippen LogP contribution is 2.24. The quantitative estimate of drug-likeness (QED) is 0.448.